The van der Waals surface area contributed by atoms with Crippen molar-refractivity contribution in [1.82, 2.24) is 20.5 Å². The first-order valence-corrected chi connectivity index (χ1v) is 6.67. The molecule has 2 N–H and O–H groups in total. The Morgan fingerprint density at radius 2 is 2.15 bits per heavy atom. The van der Waals surface area contributed by atoms with Crippen molar-refractivity contribution < 1.29 is 0 Å². The van der Waals surface area contributed by atoms with Gasteiger partial charge in [0.25, 0.3) is 0 Å². The summed E-state index contributed by atoms with van der Waals surface area (Å²) in [6, 6.07) is 9.87. The molecule has 1 fully saturated rings. The van der Waals surface area contributed by atoms with Crippen molar-refractivity contribution in [3.05, 3.63) is 29.8 Å². The summed E-state index contributed by atoms with van der Waals surface area (Å²) in [6.45, 7) is 4.92. The molecule has 1 saturated heterocycles. The van der Waals surface area contributed by atoms with E-state index in [4.69, 9.17) is 5.26 Å². The molecule has 1 aliphatic heterocycles. The summed E-state index contributed by atoms with van der Waals surface area (Å²) >= 11 is 0. The Bertz CT molecular complexity index is 624. The molecule has 1 atom stereocenters. The van der Waals surface area contributed by atoms with Gasteiger partial charge in [0.05, 0.1) is 11.6 Å². The number of benzene rings is 1. The quantitative estimate of drug-likeness (QED) is 0.853. The normalized spacial score (nSPS) is 18.8. The van der Waals surface area contributed by atoms with E-state index in [0.29, 0.717) is 11.6 Å². The fourth-order valence-corrected chi connectivity index (χ4v) is 2.34. The van der Waals surface area contributed by atoms with Gasteiger partial charge >= 0.3 is 0 Å². The van der Waals surface area contributed by atoms with Gasteiger partial charge in [-0.3, -0.25) is 5.10 Å². The average Bonchev–Trinajstić information content (AvgIpc) is 2.97. The van der Waals surface area contributed by atoms with E-state index in [-0.39, 0.29) is 0 Å². The molecular formula is C14H16N6. The monoisotopic (exact) mass is 268 g/mol. The summed E-state index contributed by atoms with van der Waals surface area (Å²) in [5.41, 5.74) is 1.58. The third kappa shape index (κ3) is 2.49. The summed E-state index contributed by atoms with van der Waals surface area (Å²) in [7, 11) is 0. The number of nitriles is 1. The van der Waals surface area contributed by atoms with E-state index in [2.05, 4.69) is 38.4 Å². The van der Waals surface area contributed by atoms with Gasteiger partial charge in [0.1, 0.15) is 0 Å². The highest BCUT2D eigenvalue weighted by atomic mass is 15.4. The number of aromatic nitrogens is 3. The number of rotatable bonds is 2. The molecule has 0 radical (unpaired) electrons. The maximum absolute atomic E-state index is 8.80. The van der Waals surface area contributed by atoms with Gasteiger partial charge in [-0.15, -0.1) is 5.10 Å². The van der Waals surface area contributed by atoms with Crippen molar-refractivity contribution in [2.24, 2.45) is 0 Å². The van der Waals surface area contributed by atoms with E-state index >= 15 is 0 Å². The van der Waals surface area contributed by atoms with Crippen LogP contribution >= 0.6 is 0 Å². The van der Waals surface area contributed by atoms with Crippen LogP contribution in [-0.4, -0.2) is 40.9 Å². The summed E-state index contributed by atoms with van der Waals surface area (Å²) < 4.78 is 0. The van der Waals surface area contributed by atoms with Gasteiger partial charge in [0, 0.05) is 31.2 Å². The van der Waals surface area contributed by atoms with E-state index in [9.17, 15) is 0 Å². The minimum Gasteiger partial charge on any atom is -0.337 e. The Hall–Kier alpha value is -2.39. The number of H-pyrrole nitrogens is 1. The third-order valence-corrected chi connectivity index (χ3v) is 3.41. The van der Waals surface area contributed by atoms with Crippen molar-refractivity contribution in [1.29, 1.82) is 5.26 Å². The summed E-state index contributed by atoms with van der Waals surface area (Å²) in [5, 5.41) is 19.5. The molecule has 0 unspecified atom stereocenters. The van der Waals surface area contributed by atoms with Gasteiger partial charge in [0.2, 0.25) is 5.95 Å². The van der Waals surface area contributed by atoms with Crippen molar-refractivity contribution >= 4 is 5.95 Å². The number of nitrogens with zero attached hydrogens (tertiary/aromatic N) is 4. The summed E-state index contributed by atoms with van der Waals surface area (Å²) in [4.78, 5) is 6.71. The van der Waals surface area contributed by atoms with Crippen LogP contribution < -0.4 is 10.2 Å². The van der Waals surface area contributed by atoms with Crippen LogP contribution in [0.2, 0.25) is 0 Å². The lowest BCUT2D eigenvalue weighted by Gasteiger charge is -2.30. The second-order valence-electron chi connectivity index (χ2n) is 4.97. The van der Waals surface area contributed by atoms with Crippen LogP contribution in [0.25, 0.3) is 11.4 Å². The SMILES string of the molecule is C[C@@H]1CN(c2n[nH]c(-c3ccc(C#N)cc3)n2)CCN1. The van der Waals surface area contributed by atoms with Crippen LogP contribution in [0.3, 0.4) is 0 Å². The van der Waals surface area contributed by atoms with Gasteiger partial charge in [-0.05, 0) is 31.2 Å². The van der Waals surface area contributed by atoms with Crippen LogP contribution in [0.4, 0.5) is 5.95 Å². The summed E-state index contributed by atoms with van der Waals surface area (Å²) in [5.74, 6) is 1.47. The molecule has 0 bridgehead atoms. The minimum absolute atomic E-state index is 0.445. The average molecular weight is 268 g/mol. The molecule has 0 saturated carbocycles. The highest BCUT2D eigenvalue weighted by Crippen LogP contribution is 2.18. The Morgan fingerprint density at radius 3 is 2.85 bits per heavy atom. The third-order valence-electron chi connectivity index (χ3n) is 3.41. The van der Waals surface area contributed by atoms with Crippen molar-refractivity contribution in [2.75, 3.05) is 24.5 Å². The van der Waals surface area contributed by atoms with Crippen molar-refractivity contribution in [3.8, 4) is 17.5 Å². The van der Waals surface area contributed by atoms with Crippen molar-refractivity contribution in [3.63, 3.8) is 0 Å². The lowest BCUT2D eigenvalue weighted by molar-refractivity contribution is 0.480. The zero-order valence-electron chi connectivity index (χ0n) is 11.3. The van der Waals surface area contributed by atoms with Gasteiger partial charge in [-0.25, -0.2) is 0 Å². The Morgan fingerprint density at radius 1 is 1.35 bits per heavy atom. The number of anilines is 1. The first-order chi connectivity index (χ1) is 9.76. The molecule has 102 valence electrons. The predicted molar refractivity (Wildman–Crippen MR) is 76.2 cm³/mol. The molecule has 1 aliphatic rings. The van der Waals surface area contributed by atoms with Crippen LogP contribution in [0.5, 0.6) is 0 Å². The van der Waals surface area contributed by atoms with Crippen LogP contribution in [0, 0.1) is 11.3 Å². The molecule has 2 aromatic rings. The first-order valence-electron chi connectivity index (χ1n) is 6.67. The number of nitrogens with one attached hydrogen (secondary N) is 2. The highest BCUT2D eigenvalue weighted by Gasteiger charge is 2.19. The summed E-state index contributed by atoms with van der Waals surface area (Å²) in [6.07, 6.45) is 0. The van der Waals surface area contributed by atoms with E-state index in [0.717, 1.165) is 37.0 Å². The zero-order chi connectivity index (χ0) is 13.9. The van der Waals surface area contributed by atoms with Crippen LogP contribution in [0.15, 0.2) is 24.3 Å². The van der Waals surface area contributed by atoms with Gasteiger partial charge in [0.15, 0.2) is 5.82 Å². The van der Waals surface area contributed by atoms with Crippen molar-refractivity contribution in [2.45, 2.75) is 13.0 Å². The van der Waals surface area contributed by atoms with Gasteiger partial charge in [-0.1, -0.05) is 0 Å². The number of hydrogen-bond donors (Lipinski definition) is 2. The molecule has 1 aromatic heterocycles. The number of piperazine rings is 1. The molecule has 6 nitrogen and oxygen atoms in total. The molecular weight excluding hydrogens is 252 g/mol. The lowest BCUT2D eigenvalue weighted by atomic mass is 10.1. The molecule has 2 heterocycles. The number of aromatic amines is 1. The van der Waals surface area contributed by atoms with E-state index in [1.165, 1.54) is 0 Å². The van der Waals surface area contributed by atoms with Crippen LogP contribution in [0.1, 0.15) is 12.5 Å². The number of hydrogen-bond acceptors (Lipinski definition) is 5. The molecule has 3 rings (SSSR count). The van der Waals surface area contributed by atoms with E-state index in [1.807, 2.05) is 12.1 Å². The smallest absolute Gasteiger partial charge is 0.245 e. The highest BCUT2D eigenvalue weighted by molar-refractivity contribution is 5.57. The minimum atomic E-state index is 0.445. The first kappa shape index (κ1) is 12.6. The Kier molecular flexibility index (Phi) is 3.35. The lowest BCUT2D eigenvalue weighted by Crippen LogP contribution is -2.49. The van der Waals surface area contributed by atoms with E-state index < -0.39 is 0 Å². The van der Waals surface area contributed by atoms with Crippen LogP contribution in [-0.2, 0) is 0 Å². The van der Waals surface area contributed by atoms with Gasteiger partial charge < -0.3 is 10.2 Å². The molecule has 0 spiro atoms. The topological polar surface area (TPSA) is 80.6 Å². The molecule has 0 aliphatic carbocycles. The standard InChI is InChI=1S/C14H16N6/c1-10-9-20(7-6-16-10)14-17-13(18-19-14)12-4-2-11(8-15)3-5-12/h2-5,10,16H,6-7,9H2,1H3,(H,17,18,19)/t10-/m1/s1. The largest absolute Gasteiger partial charge is 0.337 e. The van der Waals surface area contributed by atoms with Gasteiger partial charge in [-0.2, -0.15) is 10.2 Å². The zero-order valence-corrected chi connectivity index (χ0v) is 11.3. The second kappa shape index (κ2) is 5.31. The predicted octanol–water partition coefficient (Wildman–Crippen LogP) is 1.14. The Labute approximate surface area is 117 Å². The molecule has 1 aromatic carbocycles. The Balaban J connectivity index is 1.80. The second-order valence-corrected chi connectivity index (χ2v) is 4.97. The van der Waals surface area contributed by atoms with E-state index in [1.54, 1.807) is 12.1 Å². The maximum atomic E-state index is 8.80. The molecule has 20 heavy (non-hydrogen) atoms. The maximum Gasteiger partial charge on any atom is 0.245 e. The fraction of sp³-hybridized carbons (Fsp3) is 0.357. The molecule has 0 amide bonds. The fourth-order valence-electron chi connectivity index (χ4n) is 2.34. The molecule has 6 heteroatoms.